The number of rotatable bonds is 2. The molecule has 2 rings (SSSR count). The van der Waals surface area contributed by atoms with Crippen LogP contribution in [0.15, 0.2) is 60.7 Å². The number of carbonyl (C=O) groups excluding carboxylic acids is 2. The molecule has 0 aliphatic carbocycles. The number of ketones is 2. The van der Waals surface area contributed by atoms with E-state index in [0.29, 0.717) is 0 Å². The van der Waals surface area contributed by atoms with Gasteiger partial charge in [-0.1, -0.05) is 60.7 Å². The van der Waals surface area contributed by atoms with Crippen LogP contribution in [0.3, 0.4) is 0 Å². The monoisotopic (exact) mass is 392 g/mol. The summed E-state index contributed by atoms with van der Waals surface area (Å²) in [6.45, 7) is 3.13. The minimum Gasteiger partial charge on any atom is -0.295 e. The molecule has 0 heterocycles. The van der Waals surface area contributed by atoms with E-state index in [0.717, 1.165) is 11.1 Å². The third-order valence-corrected chi connectivity index (χ3v) is 2.36. The summed E-state index contributed by atoms with van der Waals surface area (Å²) in [6, 6.07) is 18.5. The normalized spacial score (nSPS) is 7.71. The first kappa shape index (κ1) is 24.9. The van der Waals surface area contributed by atoms with Gasteiger partial charge in [0.15, 0.2) is 11.6 Å². The molecule has 0 amide bonds. The van der Waals surface area contributed by atoms with Crippen LogP contribution in [0.2, 0.25) is 0 Å². The van der Waals surface area contributed by atoms with E-state index in [1.807, 2.05) is 60.7 Å². The molecule has 0 spiro atoms. The van der Waals surface area contributed by atoms with E-state index in [-0.39, 0.29) is 53.4 Å². The van der Waals surface area contributed by atoms with Crippen LogP contribution < -0.4 is 0 Å². The molecule has 2 nitrogen and oxygen atoms in total. The maximum Gasteiger partial charge on any atom is 0.159 e. The molecule has 21 heavy (non-hydrogen) atoms. The number of benzene rings is 2. The Morgan fingerprint density at radius 2 is 0.857 bits per heavy atom. The smallest absolute Gasteiger partial charge is 0.159 e. The standard InChI is InChI=1S/2C8H8O.2ClH.Se/c2*1-7(9)8-5-3-2-4-6-8;;;/h2*2-6H,1H3;2*1H;. The average Bonchev–Trinajstić information content (AvgIpc) is 2.41. The maximum absolute atomic E-state index is 10.6. The molecule has 0 saturated carbocycles. The van der Waals surface area contributed by atoms with Crippen LogP contribution in [0.1, 0.15) is 34.6 Å². The Hall–Kier alpha value is -1.12. The van der Waals surface area contributed by atoms with Gasteiger partial charge in [0.25, 0.3) is 0 Å². The molecule has 0 atom stereocenters. The molecular weight excluding hydrogens is 374 g/mol. The topological polar surface area (TPSA) is 34.1 Å². The van der Waals surface area contributed by atoms with E-state index in [4.69, 9.17) is 0 Å². The van der Waals surface area contributed by atoms with Crippen molar-refractivity contribution >= 4 is 53.4 Å². The first-order valence-corrected chi connectivity index (χ1v) is 5.73. The van der Waals surface area contributed by atoms with Gasteiger partial charge in [-0.3, -0.25) is 9.59 Å². The molecule has 0 fully saturated rings. The zero-order chi connectivity index (χ0) is 13.4. The van der Waals surface area contributed by atoms with E-state index in [2.05, 4.69) is 0 Å². The molecule has 0 aromatic heterocycles. The molecule has 0 bridgehead atoms. The molecule has 5 heteroatoms. The van der Waals surface area contributed by atoms with Crippen molar-refractivity contribution in [2.24, 2.45) is 0 Å². The van der Waals surface area contributed by atoms with Gasteiger partial charge in [0.05, 0.1) is 0 Å². The first-order valence-electron chi connectivity index (χ1n) is 5.73. The Bertz CT molecular complexity index is 467. The minimum atomic E-state index is 0. The Labute approximate surface area is 148 Å². The van der Waals surface area contributed by atoms with Crippen molar-refractivity contribution in [1.82, 2.24) is 0 Å². The second kappa shape index (κ2) is 13.8. The van der Waals surface area contributed by atoms with Crippen molar-refractivity contribution < 1.29 is 9.59 Å². The fraction of sp³-hybridized carbons (Fsp3) is 0.125. The van der Waals surface area contributed by atoms with Crippen LogP contribution in [0.25, 0.3) is 0 Å². The van der Waals surface area contributed by atoms with E-state index in [9.17, 15) is 9.59 Å². The van der Waals surface area contributed by atoms with Gasteiger partial charge in [-0.15, -0.1) is 24.8 Å². The summed E-state index contributed by atoms with van der Waals surface area (Å²) in [4.78, 5) is 21.3. The molecule has 0 unspecified atom stereocenters. The molecule has 0 N–H and O–H groups in total. The number of hydrogen-bond acceptors (Lipinski definition) is 2. The van der Waals surface area contributed by atoms with Crippen LogP contribution in [0.5, 0.6) is 0 Å². The van der Waals surface area contributed by atoms with Crippen LogP contribution in [-0.4, -0.2) is 28.6 Å². The number of halogens is 2. The van der Waals surface area contributed by atoms with Crippen LogP contribution in [0, 0.1) is 0 Å². The van der Waals surface area contributed by atoms with Crippen LogP contribution in [-0.2, 0) is 0 Å². The van der Waals surface area contributed by atoms with Crippen molar-refractivity contribution in [1.29, 1.82) is 0 Å². The Morgan fingerprint density at radius 3 is 1.00 bits per heavy atom. The van der Waals surface area contributed by atoms with Crippen molar-refractivity contribution in [3.05, 3.63) is 71.8 Å². The second-order valence-electron chi connectivity index (χ2n) is 3.84. The Kier molecular flexibility index (Phi) is 16.4. The summed E-state index contributed by atoms with van der Waals surface area (Å²) in [7, 11) is 0. The average molecular weight is 392 g/mol. The van der Waals surface area contributed by atoms with Gasteiger partial charge in [-0.25, -0.2) is 0 Å². The van der Waals surface area contributed by atoms with Crippen molar-refractivity contribution in [2.45, 2.75) is 13.8 Å². The largest absolute Gasteiger partial charge is 0.295 e. The number of hydrogen-bond donors (Lipinski definition) is 0. The zero-order valence-corrected chi connectivity index (χ0v) is 15.2. The number of carbonyl (C=O) groups is 2. The van der Waals surface area contributed by atoms with Gasteiger partial charge in [0.2, 0.25) is 0 Å². The predicted molar refractivity (Wildman–Crippen MR) is 93.1 cm³/mol. The molecule has 2 aromatic carbocycles. The van der Waals surface area contributed by atoms with Crippen molar-refractivity contribution in [2.75, 3.05) is 0 Å². The van der Waals surface area contributed by atoms with Crippen molar-refractivity contribution in [3.8, 4) is 0 Å². The van der Waals surface area contributed by atoms with Crippen molar-refractivity contribution in [3.63, 3.8) is 0 Å². The molecule has 2 radical (unpaired) electrons. The molecule has 0 saturated heterocycles. The second-order valence-corrected chi connectivity index (χ2v) is 3.84. The molecule has 0 aliphatic rings. The van der Waals surface area contributed by atoms with Gasteiger partial charge in [-0.05, 0) is 13.8 Å². The third kappa shape index (κ3) is 10.3. The summed E-state index contributed by atoms with van der Waals surface area (Å²) in [6.07, 6.45) is 0. The summed E-state index contributed by atoms with van der Waals surface area (Å²) in [5.74, 6) is 0.242. The van der Waals surface area contributed by atoms with Gasteiger partial charge in [0.1, 0.15) is 0 Å². The number of Topliss-reactive ketones (excluding diaryl/α,β-unsaturated/α-hetero) is 2. The van der Waals surface area contributed by atoms with E-state index in [1.165, 1.54) is 0 Å². The first-order chi connectivity index (χ1) is 8.61. The minimum absolute atomic E-state index is 0. The SMILES string of the molecule is CC(=O)c1ccccc1.CC(=O)c1ccccc1.Cl.Cl.[Se]. The van der Waals surface area contributed by atoms with Crippen LogP contribution in [0.4, 0.5) is 0 Å². The zero-order valence-electron chi connectivity index (χ0n) is 11.8. The van der Waals surface area contributed by atoms with E-state index in [1.54, 1.807) is 13.8 Å². The molecule has 114 valence electrons. The molecular formula is C16H18Cl2O2Se. The van der Waals surface area contributed by atoms with E-state index < -0.39 is 0 Å². The van der Waals surface area contributed by atoms with Gasteiger partial charge in [0, 0.05) is 28.2 Å². The third-order valence-electron chi connectivity index (χ3n) is 2.36. The predicted octanol–water partition coefficient (Wildman–Crippen LogP) is 4.24. The van der Waals surface area contributed by atoms with Gasteiger partial charge < -0.3 is 0 Å². The van der Waals surface area contributed by atoms with Crippen LogP contribution >= 0.6 is 24.8 Å². The Balaban J connectivity index is -0.000000270. The van der Waals surface area contributed by atoms with Gasteiger partial charge >= 0.3 is 0 Å². The summed E-state index contributed by atoms with van der Waals surface area (Å²) >= 11 is 0. The quantitative estimate of drug-likeness (QED) is 0.566. The molecule has 0 aliphatic heterocycles. The van der Waals surface area contributed by atoms with Gasteiger partial charge in [-0.2, -0.15) is 0 Å². The maximum atomic E-state index is 10.6. The summed E-state index contributed by atoms with van der Waals surface area (Å²) in [5.41, 5.74) is 1.55. The fourth-order valence-corrected chi connectivity index (χ4v) is 1.35. The van der Waals surface area contributed by atoms with E-state index >= 15 is 0 Å². The fourth-order valence-electron chi connectivity index (χ4n) is 1.35. The molecule has 2 aromatic rings. The summed E-state index contributed by atoms with van der Waals surface area (Å²) < 4.78 is 0. The Morgan fingerprint density at radius 1 is 0.619 bits per heavy atom. The summed E-state index contributed by atoms with van der Waals surface area (Å²) in [5, 5.41) is 0.